The van der Waals surface area contributed by atoms with Crippen LogP contribution < -0.4 is 0 Å². The van der Waals surface area contributed by atoms with Crippen LogP contribution in [0.15, 0.2) is 19.0 Å². The summed E-state index contributed by atoms with van der Waals surface area (Å²) in [4.78, 5) is 15.2. The molecule has 0 spiro atoms. The Bertz CT molecular complexity index is 386. The standard InChI is InChI=1S/C11H17N3O2/c1-4-6-14-9(12-8-13-14)7-11(3,5-2)10(15)16/h5,8H,2,4,6-7H2,1,3H3,(H,15,16). The number of aryl methyl sites for hydroxylation is 1. The highest BCUT2D eigenvalue weighted by Crippen LogP contribution is 2.23. The Kier molecular flexibility index (Phi) is 3.82. The fourth-order valence-corrected chi connectivity index (χ4v) is 1.39. The molecule has 0 radical (unpaired) electrons. The van der Waals surface area contributed by atoms with Gasteiger partial charge in [-0.1, -0.05) is 13.0 Å². The largest absolute Gasteiger partial charge is 0.481 e. The average molecular weight is 223 g/mol. The van der Waals surface area contributed by atoms with Gasteiger partial charge in [-0.15, -0.1) is 6.58 Å². The smallest absolute Gasteiger partial charge is 0.313 e. The molecule has 0 aromatic carbocycles. The summed E-state index contributed by atoms with van der Waals surface area (Å²) in [5, 5.41) is 13.2. The molecule has 0 aliphatic rings. The van der Waals surface area contributed by atoms with E-state index in [0.29, 0.717) is 12.2 Å². The second kappa shape index (κ2) is 4.92. The molecule has 16 heavy (non-hydrogen) atoms. The molecule has 0 bridgehead atoms. The molecular formula is C11H17N3O2. The van der Waals surface area contributed by atoms with Gasteiger partial charge in [-0.3, -0.25) is 9.48 Å². The normalized spacial score (nSPS) is 14.4. The van der Waals surface area contributed by atoms with E-state index in [0.717, 1.165) is 13.0 Å². The first kappa shape index (κ1) is 12.4. The van der Waals surface area contributed by atoms with E-state index in [-0.39, 0.29) is 0 Å². The number of hydrogen-bond acceptors (Lipinski definition) is 3. The van der Waals surface area contributed by atoms with Crippen LogP contribution in [0.4, 0.5) is 0 Å². The lowest BCUT2D eigenvalue weighted by Gasteiger charge is -2.19. The van der Waals surface area contributed by atoms with E-state index >= 15 is 0 Å². The first-order valence-electron chi connectivity index (χ1n) is 5.27. The van der Waals surface area contributed by atoms with Crippen molar-refractivity contribution in [3.63, 3.8) is 0 Å². The zero-order valence-corrected chi connectivity index (χ0v) is 9.68. The number of aliphatic carboxylic acids is 1. The van der Waals surface area contributed by atoms with Gasteiger partial charge in [0.05, 0.1) is 5.41 Å². The first-order valence-corrected chi connectivity index (χ1v) is 5.27. The van der Waals surface area contributed by atoms with Crippen molar-refractivity contribution in [2.75, 3.05) is 0 Å². The van der Waals surface area contributed by atoms with Crippen LogP contribution in [0.25, 0.3) is 0 Å². The van der Waals surface area contributed by atoms with E-state index in [1.807, 2.05) is 6.92 Å². The summed E-state index contributed by atoms with van der Waals surface area (Å²) >= 11 is 0. The van der Waals surface area contributed by atoms with Crippen molar-refractivity contribution in [1.82, 2.24) is 14.8 Å². The number of nitrogens with zero attached hydrogens (tertiary/aromatic N) is 3. The van der Waals surface area contributed by atoms with Gasteiger partial charge in [-0.2, -0.15) is 5.10 Å². The maximum atomic E-state index is 11.1. The van der Waals surface area contributed by atoms with Crippen molar-refractivity contribution in [3.05, 3.63) is 24.8 Å². The molecule has 5 heteroatoms. The Hall–Kier alpha value is -1.65. The molecule has 0 fully saturated rings. The predicted molar refractivity (Wildman–Crippen MR) is 60.0 cm³/mol. The van der Waals surface area contributed by atoms with Crippen LogP contribution in [0, 0.1) is 5.41 Å². The van der Waals surface area contributed by atoms with Crippen LogP contribution in [0.2, 0.25) is 0 Å². The molecule has 0 saturated heterocycles. The van der Waals surface area contributed by atoms with Crippen molar-refractivity contribution in [2.45, 2.75) is 33.2 Å². The molecular weight excluding hydrogens is 206 g/mol. The molecule has 0 aliphatic carbocycles. The summed E-state index contributed by atoms with van der Waals surface area (Å²) in [6.45, 7) is 7.99. The molecule has 0 saturated carbocycles. The van der Waals surface area contributed by atoms with Crippen molar-refractivity contribution in [1.29, 1.82) is 0 Å². The second-order valence-electron chi connectivity index (χ2n) is 4.00. The lowest BCUT2D eigenvalue weighted by molar-refractivity contribution is -0.145. The van der Waals surface area contributed by atoms with E-state index in [4.69, 9.17) is 5.11 Å². The maximum absolute atomic E-state index is 11.1. The highest BCUT2D eigenvalue weighted by molar-refractivity contribution is 5.76. The lowest BCUT2D eigenvalue weighted by atomic mass is 9.87. The SMILES string of the molecule is C=CC(C)(Cc1ncnn1CCC)C(=O)O. The van der Waals surface area contributed by atoms with Crippen LogP contribution >= 0.6 is 0 Å². The van der Waals surface area contributed by atoms with Gasteiger partial charge >= 0.3 is 5.97 Å². The Balaban J connectivity index is 2.90. The van der Waals surface area contributed by atoms with Crippen molar-refractivity contribution in [3.8, 4) is 0 Å². The average Bonchev–Trinajstić information content (AvgIpc) is 2.66. The summed E-state index contributed by atoms with van der Waals surface area (Å²) < 4.78 is 1.74. The third-order valence-corrected chi connectivity index (χ3v) is 2.60. The molecule has 5 nitrogen and oxygen atoms in total. The Morgan fingerprint density at radius 2 is 2.44 bits per heavy atom. The van der Waals surface area contributed by atoms with Gasteiger partial charge in [0, 0.05) is 13.0 Å². The van der Waals surface area contributed by atoms with Crippen LogP contribution in [-0.2, 0) is 17.8 Å². The molecule has 1 aromatic heterocycles. The summed E-state index contributed by atoms with van der Waals surface area (Å²) in [6.07, 6.45) is 4.15. The monoisotopic (exact) mass is 223 g/mol. The molecule has 0 aliphatic heterocycles. The van der Waals surface area contributed by atoms with E-state index in [1.54, 1.807) is 11.6 Å². The van der Waals surface area contributed by atoms with Crippen LogP contribution in [0.5, 0.6) is 0 Å². The quantitative estimate of drug-likeness (QED) is 0.742. The van der Waals surface area contributed by atoms with Crippen molar-refractivity contribution >= 4 is 5.97 Å². The van der Waals surface area contributed by atoms with Gasteiger partial charge in [0.15, 0.2) is 0 Å². The highest BCUT2D eigenvalue weighted by atomic mass is 16.4. The topological polar surface area (TPSA) is 68.0 Å². The molecule has 1 aromatic rings. The van der Waals surface area contributed by atoms with Crippen LogP contribution in [-0.4, -0.2) is 25.8 Å². The zero-order valence-electron chi connectivity index (χ0n) is 9.68. The summed E-state index contributed by atoms with van der Waals surface area (Å²) in [5.41, 5.74) is -0.988. The predicted octanol–water partition coefficient (Wildman–Crippen LogP) is 1.51. The zero-order chi connectivity index (χ0) is 12.2. The minimum Gasteiger partial charge on any atom is -0.481 e. The molecule has 1 N–H and O–H groups in total. The number of hydrogen-bond donors (Lipinski definition) is 1. The van der Waals surface area contributed by atoms with Crippen LogP contribution in [0.1, 0.15) is 26.1 Å². The lowest BCUT2D eigenvalue weighted by Crippen LogP contribution is -2.29. The molecule has 0 amide bonds. The summed E-state index contributed by atoms with van der Waals surface area (Å²) in [7, 11) is 0. The van der Waals surface area contributed by atoms with E-state index < -0.39 is 11.4 Å². The van der Waals surface area contributed by atoms with Gasteiger partial charge < -0.3 is 5.11 Å². The minimum atomic E-state index is -0.988. The fraction of sp³-hybridized carbons (Fsp3) is 0.545. The Labute approximate surface area is 94.8 Å². The summed E-state index contributed by atoms with van der Waals surface area (Å²) in [6, 6.07) is 0. The van der Waals surface area contributed by atoms with E-state index in [1.165, 1.54) is 12.4 Å². The number of aromatic nitrogens is 3. The third kappa shape index (κ3) is 2.48. The molecule has 1 unspecified atom stereocenters. The van der Waals surface area contributed by atoms with E-state index in [2.05, 4.69) is 16.7 Å². The Morgan fingerprint density at radius 1 is 1.75 bits per heavy atom. The number of rotatable bonds is 6. The molecule has 1 heterocycles. The summed E-state index contributed by atoms with van der Waals surface area (Å²) in [5.74, 6) is -0.208. The molecule has 1 atom stereocenters. The molecule has 1 rings (SSSR count). The third-order valence-electron chi connectivity index (χ3n) is 2.60. The number of carboxylic acid groups (broad SMARTS) is 1. The van der Waals surface area contributed by atoms with Crippen LogP contribution in [0.3, 0.4) is 0 Å². The molecule has 88 valence electrons. The second-order valence-corrected chi connectivity index (χ2v) is 4.00. The van der Waals surface area contributed by atoms with Crippen molar-refractivity contribution < 1.29 is 9.90 Å². The van der Waals surface area contributed by atoms with E-state index in [9.17, 15) is 4.79 Å². The Morgan fingerprint density at radius 3 is 2.94 bits per heavy atom. The van der Waals surface area contributed by atoms with Gasteiger partial charge in [0.1, 0.15) is 12.2 Å². The minimum absolute atomic E-state index is 0.311. The number of carboxylic acids is 1. The van der Waals surface area contributed by atoms with Crippen molar-refractivity contribution in [2.24, 2.45) is 5.41 Å². The van der Waals surface area contributed by atoms with Gasteiger partial charge in [0.2, 0.25) is 0 Å². The van der Waals surface area contributed by atoms with Gasteiger partial charge in [0.25, 0.3) is 0 Å². The number of carbonyl (C=O) groups is 1. The maximum Gasteiger partial charge on any atom is 0.313 e. The highest BCUT2D eigenvalue weighted by Gasteiger charge is 2.31. The van der Waals surface area contributed by atoms with Gasteiger partial charge in [-0.05, 0) is 13.3 Å². The van der Waals surface area contributed by atoms with Gasteiger partial charge in [-0.25, -0.2) is 4.98 Å². The fourth-order valence-electron chi connectivity index (χ4n) is 1.39. The first-order chi connectivity index (χ1) is 7.53.